The first kappa shape index (κ1) is 13.5. The van der Waals surface area contributed by atoms with Gasteiger partial charge in [0.2, 0.25) is 0 Å². The SMILES string of the molecule is COC(=O)C(Br)c1cc(F)cc2c1[C@H](C)OCC2. The fourth-order valence-electron chi connectivity index (χ4n) is 2.27. The zero-order valence-corrected chi connectivity index (χ0v) is 11.8. The number of halogens is 2. The zero-order chi connectivity index (χ0) is 13.3. The molecule has 5 heteroatoms. The minimum absolute atomic E-state index is 0.144. The van der Waals surface area contributed by atoms with Crippen LogP contribution in [-0.2, 0) is 20.7 Å². The Morgan fingerprint density at radius 1 is 1.61 bits per heavy atom. The number of hydrogen-bond acceptors (Lipinski definition) is 3. The van der Waals surface area contributed by atoms with Gasteiger partial charge in [0.25, 0.3) is 0 Å². The number of esters is 1. The molecule has 2 atom stereocenters. The molecule has 2 rings (SSSR count). The Bertz CT molecular complexity index is 476. The first-order valence-electron chi connectivity index (χ1n) is 5.70. The van der Waals surface area contributed by atoms with Gasteiger partial charge in [-0.05, 0) is 42.2 Å². The molecule has 0 aliphatic carbocycles. The summed E-state index contributed by atoms with van der Waals surface area (Å²) in [5, 5.41) is 0. The number of hydrogen-bond donors (Lipinski definition) is 0. The Kier molecular flexibility index (Phi) is 4.02. The molecule has 0 saturated heterocycles. The van der Waals surface area contributed by atoms with E-state index in [2.05, 4.69) is 20.7 Å². The van der Waals surface area contributed by atoms with E-state index in [4.69, 9.17) is 4.74 Å². The molecule has 98 valence electrons. The summed E-state index contributed by atoms with van der Waals surface area (Å²) in [6.07, 6.45) is 0.514. The van der Waals surface area contributed by atoms with Crippen LogP contribution >= 0.6 is 15.9 Å². The van der Waals surface area contributed by atoms with Crippen molar-refractivity contribution in [2.75, 3.05) is 13.7 Å². The molecule has 1 aliphatic heterocycles. The lowest BCUT2D eigenvalue weighted by Crippen LogP contribution is -2.19. The normalized spacial score (nSPS) is 20.1. The molecule has 18 heavy (non-hydrogen) atoms. The van der Waals surface area contributed by atoms with Crippen LogP contribution in [-0.4, -0.2) is 19.7 Å². The van der Waals surface area contributed by atoms with Gasteiger partial charge in [-0.3, -0.25) is 4.79 Å². The van der Waals surface area contributed by atoms with Crippen molar-refractivity contribution in [2.45, 2.75) is 24.3 Å². The van der Waals surface area contributed by atoms with Crippen LogP contribution in [0.1, 0.15) is 34.5 Å². The van der Waals surface area contributed by atoms with Crippen molar-refractivity contribution in [2.24, 2.45) is 0 Å². The first-order chi connectivity index (χ1) is 8.54. The molecule has 1 aliphatic rings. The van der Waals surface area contributed by atoms with E-state index in [0.29, 0.717) is 18.6 Å². The zero-order valence-electron chi connectivity index (χ0n) is 10.2. The van der Waals surface area contributed by atoms with Gasteiger partial charge in [-0.1, -0.05) is 15.9 Å². The minimum atomic E-state index is -0.670. The summed E-state index contributed by atoms with van der Waals surface area (Å²) in [4.78, 5) is 10.9. The highest BCUT2D eigenvalue weighted by atomic mass is 79.9. The van der Waals surface area contributed by atoms with Gasteiger partial charge in [0.15, 0.2) is 0 Å². The number of alkyl halides is 1. The fraction of sp³-hybridized carbons (Fsp3) is 0.462. The van der Waals surface area contributed by atoms with Crippen molar-refractivity contribution < 1.29 is 18.7 Å². The van der Waals surface area contributed by atoms with Crippen molar-refractivity contribution in [1.29, 1.82) is 0 Å². The second-order valence-corrected chi connectivity index (χ2v) is 5.13. The van der Waals surface area contributed by atoms with E-state index < -0.39 is 10.8 Å². The Morgan fingerprint density at radius 2 is 2.33 bits per heavy atom. The second kappa shape index (κ2) is 5.36. The number of fused-ring (bicyclic) bond motifs is 1. The average Bonchev–Trinajstić information content (AvgIpc) is 2.36. The van der Waals surface area contributed by atoms with Crippen molar-refractivity contribution in [1.82, 2.24) is 0 Å². The number of benzene rings is 1. The quantitative estimate of drug-likeness (QED) is 0.621. The Labute approximate surface area is 113 Å². The van der Waals surface area contributed by atoms with Crippen LogP contribution in [0, 0.1) is 5.82 Å². The van der Waals surface area contributed by atoms with Crippen LogP contribution in [0.2, 0.25) is 0 Å². The molecule has 0 aromatic heterocycles. The molecule has 1 heterocycles. The van der Waals surface area contributed by atoms with Gasteiger partial charge in [-0.25, -0.2) is 4.39 Å². The minimum Gasteiger partial charge on any atom is -0.468 e. The third-order valence-corrected chi connectivity index (χ3v) is 3.96. The van der Waals surface area contributed by atoms with Gasteiger partial charge in [-0.2, -0.15) is 0 Å². The summed E-state index contributed by atoms with van der Waals surface area (Å²) >= 11 is 3.26. The molecular formula is C13H14BrFO3. The summed E-state index contributed by atoms with van der Waals surface area (Å²) < 4.78 is 23.8. The maximum Gasteiger partial charge on any atom is 0.324 e. The number of carbonyl (C=O) groups excluding carboxylic acids is 1. The van der Waals surface area contributed by atoms with Crippen molar-refractivity contribution in [3.05, 3.63) is 34.6 Å². The summed E-state index contributed by atoms with van der Waals surface area (Å²) in [5.74, 6) is -0.785. The molecule has 0 N–H and O–H groups in total. The molecule has 0 spiro atoms. The molecule has 0 amide bonds. The third kappa shape index (κ3) is 2.42. The van der Waals surface area contributed by atoms with Crippen LogP contribution in [0.3, 0.4) is 0 Å². The highest BCUT2D eigenvalue weighted by Crippen LogP contribution is 2.37. The number of rotatable bonds is 2. The van der Waals surface area contributed by atoms with Crippen LogP contribution in [0.15, 0.2) is 12.1 Å². The summed E-state index contributed by atoms with van der Waals surface area (Å²) in [7, 11) is 1.31. The van der Waals surface area contributed by atoms with Gasteiger partial charge >= 0.3 is 5.97 Å². The molecule has 0 saturated carbocycles. The van der Waals surface area contributed by atoms with E-state index >= 15 is 0 Å². The van der Waals surface area contributed by atoms with Gasteiger partial charge in [0.1, 0.15) is 10.6 Å². The number of ether oxygens (including phenoxy) is 2. The lowest BCUT2D eigenvalue weighted by Gasteiger charge is -2.27. The van der Waals surface area contributed by atoms with Crippen LogP contribution in [0.25, 0.3) is 0 Å². The lowest BCUT2D eigenvalue weighted by molar-refractivity contribution is -0.139. The number of methoxy groups -OCH3 is 1. The van der Waals surface area contributed by atoms with Crippen LogP contribution < -0.4 is 0 Å². The fourth-order valence-corrected chi connectivity index (χ4v) is 2.84. The molecule has 1 aromatic rings. The highest BCUT2D eigenvalue weighted by molar-refractivity contribution is 9.09. The van der Waals surface area contributed by atoms with E-state index in [1.54, 1.807) is 0 Å². The largest absolute Gasteiger partial charge is 0.468 e. The van der Waals surface area contributed by atoms with E-state index in [-0.39, 0.29) is 11.9 Å². The Morgan fingerprint density at radius 3 is 3.00 bits per heavy atom. The van der Waals surface area contributed by atoms with E-state index in [0.717, 1.165) is 11.1 Å². The van der Waals surface area contributed by atoms with Crippen molar-refractivity contribution >= 4 is 21.9 Å². The van der Waals surface area contributed by atoms with Gasteiger partial charge < -0.3 is 9.47 Å². The van der Waals surface area contributed by atoms with Gasteiger partial charge in [-0.15, -0.1) is 0 Å². The predicted octanol–water partition coefficient (Wildman–Crippen LogP) is 3.07. The van der Waals surface area contributed by atoms with Gasteiger partial charge in [0, 0.05) is 0 Å². The van der Waals surface area contributed by atoms with Crippen molar-refractivity contribution in [3.63, 3.8) is 0 Å². The molecule has 0 radical (unpaired) electrons. The summed E-state index contributed by atoms with van der Waals surface area (Å²) in [6.45, 7) is 2.47. The highest BCUT2D eigenvalue weighted by Gasteiger charge is 2.28. The predicted molar refractivity (Wildman–Crippen MR) is 68.2 cm³/mol. The monoisotopic (exact) mass is 316 g/mol. The Hall–Kier alpha value is -0.940. The smallest absolute Gasteiger partial charge is 0.324 e. The lowest BCUT2D eigenvalue weighted by atomic mass is 9.91. The van der Waals surface area contributed by atoms with E-state index in [1.165, 1.54) is 19.2 Å². The number of carbonyl (C=O) groups is 1. The Balaban J connectivity index is 2.52. The molecule has 1 unspecified atom stereocenters. The maximum absolute atomic E-state index is 13.6. The molecule has 0 fully saturated rings. The molecule has 1 aromatic carbocycles. The van der Waals surface area contributed by atoms with Crippen LogP contribution in [0.4, 0.5) is 4.39 Å². The third-order valence-electron chi connectivity index (χ3n) is 3.09. The summed E-state index contributed by atoms with van der Waals surface area (Å²) in [6, 6.07) is 2.87. The van der Waals surface area contributed by atoms with Gasteiger partial charge in [0.05, 0.1) is 19.8 Å². The van der Waals surface area contributed by atoms with Crippen LogP contribution in [0.5, 0.6) is 0 Å². The van der Waals surface area contributed by atoms with E-state index in [1.807, 2.05) is 6.92 Å². The molecular weight excluding hydrogens is 303 g/mol. The summed E-state index contributed by atoms with van der Waals surface area (Å²) in [5.41, 5.74) is 2.37. The molecule has 3 nitrogen and oxygen atoms in total. The first-order valence-corrected chi connectivity index (χ1v) is 6.62. The topological polar surface area (TPSA) is 35.5 Å². The van der Waals surface area contributed by atoms with Crippen molar-refractivity contribution in [3.8, 4) is 0 Å². The maximum atomic E-state index is 13.6. The standard InChI is InChI=1S/C13H14BrFO3/c1-7-11-8(3-4-18-7)5-9(15)6-10(11)12(14)13(16)17-2/h5-7,12H,3-4H2,1-2H3/t7-,12?/m0/s1. The second-order valence-electron chi connectivity index (χ2n) is 4.22. The average molecular weight is 317 g/mol. The molecule has 0 bridgehead atoms. The van der Waals surface area contributed by atoms with E-state index in [9.17, 15) is 9.18 Å².